The molecule has 0 fully saturated rings. The topological polar surface area (TPSA) is 78.9 Å². The fourth-order valence-corrected chi connectivity index (χ4v) is 8.55. The number of unbranched alkanes of at least 4 members (excludes halogenated alkanes) is 33. The third-order valence-electron chi connectivity index (χ3n) is 13.0. The van der Waals surface area contributed by atoms with Gasteiger partial charge in [0.2, 0.25) is 0 Å². The quantitative estimate of drug-likeness (QED) is 0.0262. The number of allylic oxidation sites excluding steroid dienone is 10. The lowest BCUT2D eigenvalue weighted by Crippen LogP contribution is -2.30. The first kappa shape index (κ1) is 66.1. The van der Waals surface area contributed by atoms with Crippen molar-refractivity contribution in [3.63, 3.8) is 0 Å². The zero-order valence-electron chi connectivity index (χ0n) is 45.8. The first-order valence-electron chi connectivity index (χ1n) is 29.8. The average molecular weight is 966 g/mol. The van der Waals surface area contributed by atoms with Crippen molar-refractivity contribution >= 4 is 17.9 Å². The summed E-state index contributed by atoms with van der Waals surface area (Å²) in [5.41, 5.74) is 0. The highest BCUT2D eigenvalue weighted by Gasteiger charge is 2.19. The average Bonchev–Trinajstić information content (AvgIpc) is 3.35. The first-order valence-corrected chi connectivity index (χ1v) is 29.8. The Kier molecular flexibility index (Phi) is 55.3. The zero-order valence-corrected chi connectivity index (χ0v) is 45.8. The minimum absolute atomic E-state index is 0.0910. The Morgan fingerprint density at radius 1 is 0.304 bits per heavy atom. The number of ether oxygens (including phenoxy) is 3. The number of esters is 3. The molecule has 6 nitrogen and oxygen atoms in total. The van der Waals surface area contributed by atoms with Gasteiger partial charge in [-0.15, -0.1) is 0 Å². The summed E-state index contributed by atoms with van der Waals surface area (Å²) in [6.45, 7) is 6.49. The highest BCUT2D eigenvalue weighted by atomic mass is 16.6. The van der Waals surface area contributed by atoms with Crippen LogP contribution in [0.25, 0.3) is 0 Å². The van der Waals surface area contributed by atoms with E-state index in [-0.39, 0.29) is 37.5 Å². The van der Waals surface area contributed by atoms with E-state index in [9.17, 15) is 14.4 Å². The van der Waals surface area contributed by atoms with Crippen LogP contribution in [0.4, 0.5) is 0 Å². The Bertz CT molecular complexity index is 1250. The van der Waals surface area contributed by atoms with Gasteiger partial charge in [-0.3, -0.25) is 14.4 Å². The molecule has 0 spiro atoms. The second-order valence-electron chi connectivity index (χ2n) is 19.9. The third-order valence-corrected chi connectivity index (χ3v) is 13.0. The predicted molar refractivity (Wildman–Crippen MR) is 298 cm³/mol. The maximum absolute atomic E-state index is 12.8. The molecule has 0 amide bonds. The third kappa shape index (κ3) is 55.9. The van der Waals surface area contributed by atoms with E-state index in [1.54, 1.807) is 0 Å². The Labute approximate surface area is 428 Å². The summed E-state index contributed by atoms with van der Waals surface area (Å²) in [6, 6.07) is 0. The van der Waals surface area contributed by atoms with Gasteiger partial charge in [0, 0.05) is 19.3 Å². The number of hydrogen-bond donors (Lipinski definition) is 0. The molecule has 0 N–H and O–H groups in total. The Morgan fingerprint density at radius 2 is 0.565 bits per heavy atom. The fourth-order valence-electron chi connectivity index (χ4n) is 8.55. The number of hydrogen-bond acceptors (Lipinski definition) is 6. The van der Waals surface area contributed by atoms with Gasteiger partial charge in [-0.1, -0.05) is 261 Å². The molecule has 0 aliphatic carbocycles. The summed E-state index contributed by atoms with van der Waals surface area (Å²) >= 11 is 0. The molecule has 0 saturated carbocycles. The normalized spacial score (nSPS) is 12.4. The molecular formula is C63H112O6. The Balaban J connectivity index is 4.28. The van der Waals surface area contributed by atoms with Gasteiger partial charge >= 0.3 is 17.9 Å². The van der Waals surface area contributed by atoms with Gasteiger partial charge in [-0.05, 0) is 83.5 Å². The van der Waals surface area contributed by atoms with Crippen molar-refractivity contribution in [2.45, 2.75) is 309 Å². The van der Waals surface area contributed by atoms with E-state index in [1.165, 1.54) is 173 Å². The van der Waals surface area contributed by atoms with Gasteiger partial charge < -0.3 is 14.2 Å². The molecule has 0 radical (unpaired) electrons. The molecule has 0 aromatic heterocycles. The van der Waals surface area contributed by atoms with Crippen LogP contribution < -0.4 is 0 Å². The van der Waals surface area contributed by atoms with Gasteiger partial charge in [0.05, 0.1) is 0 Å². The maximum Gasteiger partial charge on any atom is 0.306 e. The lowest BCUT2D eigenvalue weighted by molar-refractivity contribution is -0.167. The number of carbonyl (C=O) groups excluding carboxylic acids is 3. The molecule has 0 aliphatic heterocycles. The van der Waals surface area contributed by atoms with Crippen LogP contribution in [0.15, 0.2) is 60.8 Å². The van der Waals surface area contributed by atoms with Crippen molar-refractivity contribution in [3.8, 4) is 0 Å². The minimum Gasteiger partial charge on any atom is -0.462 e. The van der Waals surface area contributed by atoms with Crippen molar-refractivity contribution in [2.24, 2.45) is 0 Å². The molecule has 0 saturated heterocycles. The predicted octanol–water partition coefficient (Wildman–Crippen LogP) is 20.0. The van der Waals surface area contributed by atoms with Crippen LogP contribution >= 0.6 is 0 Å². The Morgan fingerprint density at radius 3 is 0.957 bits per heavy atom. The van der Waals surface area contributed by atoms with Crippen LogP contribution in [-0.4, -0.2) is 37.2 Å². The molecule has 69 heavy (non-hydrogen) atoms. The van der Waals surface area contributed by atoms with E-state index < -0.39 is 6.10 Å². The van der Waals surface area contributed by atoms with Crippen molar-refractivity contribution in [1.29, 1.82) is 0 Å². The standard InChI is InChI=1S/C63H112O6/c1-4-7-10-13-16-19-22-25-27-28-29-30-31-32-33-34-35-37-38-41-44-47-50-53-56-62(65)68-59-60(58-67-61(64)55-52-49-46-43-40-24-21-18-15-12-9-6-3)69-63(66)57-54-51-48-45-42-39-36-26-23-20-17-14-11-8-5-2/h8,11,17-18,20-21,26,36,42,45,60H,4-7,9-10,12-16,19,22-25,27-35,37-41,43-44,46-59H2,1-3H3/b11-8-,20-17-,21-18-,36-26-,45-42-. The van der Waals surface area contributed by atoms with Crippen LogP contribution in [0.1, 0.15) is 303 Å². The summed E-state index contributed by atoms with van der Waals surface area (Å²) in [7, 11) is 0. The molecular weight excluding hydrogens is 853 g/mol. The number of carbonyl (C=O) groups is 3. The molecule has 0 bridgehead atoms. The molecule has 0 aromatic rings. The van der Waals surface area contributed by atoms with E-state index in [2.05, 4.69) is 81.5 Å². The highest BCUT2D eigenvalue weighted by molar-refractivity contribution is 5.71. The Hall–Kier alpha value is -2.89. The highest BCUT2D eigenvalue weighted by Crippen LogP contribution is 2.17. The SMILES string of the molecule is CC/C=C\C/C=C\C/C=C\C/C=C\CCCCC(=O)OC(COC(=O)CCCCCCC/C=C\CCCCC)COC(=O)CCCCCCCCCCCCCCCCCCCCCCCCCC. The van der Waals surface area contributed by atoms with Crippen LogP contribution in [0.5, 0.6) is 0 Å². The second kappa shape index (κ2) is 57.7. The fraction of sp³-hybridized carbons (Fsp3) is 0.794. The van der Waals surface area contributed by atoms with Crippen LogP contribution in [0.2, 0.25) is 0 Å². The second-order valence-corrected chi connectivity index (χ2v) is 19.9. The molecule has 0 aromatic carbocycles. The molecule has 1 unspecified atom stereocenters. The van der Waals surface area contributed by atoms with Crippen molar-refractivity contribution in [2.75, 3.05) is 13.2 Å². The van der Waals surface area contributed by atoms with Crippen molar-refractivity contribution in [1.82, 2.24) is 0 Å². The summed E-state index contributed by atoms with van der Waals surface area (Å²) in [5.74, 6) is -0.931. The monoisotopic (exact) mass is 965 g/mol. The lowest BCUT2D eigenvalue weighted by atomic mass is 10.0. The van der Waals surface area contributed by atoms with E-state index in [0.717, 1.165) is 83.5 Å². The molecule has 0 rings (SSSR count). The van der Waals surface area contributed by atoms with Crippen LogP contribution in [-0.2, 0) is 28.6 Å². The summed E-state index contributed by atoms with van der Waals surface area (Å²) in [5, 5.41) is 0. The van der Waals surface area contributed by atoms with Crippen molar-refractivity contribution in [3.05, 3.63) is 60.8 Å². The molecule has 400 valence electrons. The lowest BCUT2D eigenvalue weighted by Gasteiger charge is -2.18. The number of rotatable bonds is 54. The van der Waals surface area contributed by atoms with Gasteiger partial charge in [0.25, 0.3) is 0 Å². The molecule has 0 aliphatic rings. The van der Waals surface area contributed by atoms with E-state index in [1.807, 2.05) is 0 Å². The molecule has 0 heterocycles. The first-order chi connectivity index (χ1) is 34.0. The van der Waals surface area contributed by atoms with Gasteiger partial charge in [-0.25, -0.2) is 0 Å². The smallest absolute Gasteiger partial charge is 0.306 e. The largest absolute Gasteiger partial charge is 0.462 e. The van der Waals surface area contributed by atoms with E-state index in [0.29, 0.717) is 19.3 Å². The van der Waals surface area contributed by atoms with Crippen LogP contribution in [0, 0.1) is 0 Å². The zero-order chi connectivity index (χ0) is 50.0. The molecule has 1 atom stereocenters. The molecule has 6 heteroatoms. The maximum atomic E-state index is 12.8. The van der Waals surface area contributed by atoms with Gasteiger partial charge in [-0.2, -0.15) is 0 Å². The summed E-state index contributed by atoms with van der Waals surface area (Å²) in [6.07, 6.45) is 72.3. The summed E-state index contributed by atoms with van der Waals surface area (Å²) in [4.78, 5) is 38.1. The van der Waals surface area contributed by atoms with E-state index in [4.69, 9.17) is 14.2 Å². The van der Waals surface area contributed by atoms with Crippen LogP contribution in [0.3, 0.4) is 0 Å². The van der Waals surface area contributed by atoms with E-state index >= 15 is 0 Å². The summed E-state index contributed by atoms with van der Waals surface area (Å²) < 4.78 is 16.8. The minimum atomic E-state index is -0.797. The van der Waals surface area contributed by atoms with Gasteiger partial charge in [0.1, 0.15) is 13.2 Å². The van der Waals surface area contributed by atoms with Crippen molar-refractivity contribution < 1.29 is 28.6 Å². The van der Waals surface area contributed by atoms with Gasteiger partial charge in [0.15, 0.2) is 6.10 Å².